The van der Waals surface area contributed by atoms with Gasteiger partial charge in [0.2, 0.25) is 11.9 Å². The summed E-state index contributed by atoms with van der Waals surface area (Å²) in [5, 5.41) is 4.85. The van der Waals surface area contributed by atoms with Gasteiger partial charge in [0.15, 0.2) is 0 Å². The van der Waals surface area contributed by atoms with Gasteiger partial charge < -0.3 is 0 Å². The Hall–Kier alpha value is -3.30. The van der Waals surface area contributed by atoms with Gasteiger partial charge in [-0.1, -0.05) is 65.1 Å². The van der Waals surface area contributed by atoms with Crippen molar-refractivity contribution in [1.29, 1.82) is 0 Å². The van der Waals surface area contributed by atoms with E-state index in [0.29, 0.717) is 23.4 Å². The van der Waals surface area contributed by atoms with Crippen LogP contribution in [0, 0.1) is 0 Å². The summed E-state index contributed by atoms with van der Waals surface area (Å²) in [6, 6.07) is 16.0. The molecule has 1 unspecified atom stereocenters. The predicted molar refractivity (Wildman–Crippen MR) is 133 cm³/mol. The van der Waals surface area contributed by atoms with Crippen molar-refractivity contribution in [1.82, 2.24) is 15.2 Å². The van der Waals surface area contributed by atoms with E-state index in [2.05, 4.69) is 31.4 Å². The molecule has 8 nitrogen and oxygen atoms in total. The van der Waals surface area contributed by atoms with Gasteiger partial charge in [0, 0.05) is 29.2 Å². The molecule has 4 rings (SSSR count). The summed E-state index contributed by atoms with van der Waals surface area (Å²) in [6.07, 6.45) is 3.52. The molecule has 168 valence electrons. The van der Waals surface area contributed by atoms with Crippen molar-refractivity contribution in [3.63, 3.8) is 0 Å². The number of rotatable bonds is 5. The summed E-state index contributed by atoms with van der Waals surface area (Å²) in [7, 11) is 3.05. The van der Waals surface area contributed by atoms with Gasteiger partial charge in [0.1, 0.15) is 0 Å². The Morgan fingerprint density at radius 3 is 2.58 bits per heavy atom. The van der Waals surface area contributed by atoms with Crippen molar-refractivity contribution in [3.8, 4) is 0 Å². The number of guanidine groups is 1. The Morgan fingerprint density at radius 1 is 1.15 bits per heavy atom. The average molecular weight is 529 g/mol. The van der Waals surface area contributed by atoms with Gasteiger partial charge in [-0.3, -0.25) is 14.6 Å². The van der Waals surface area contributed by atoms with Crippen LogP contribution in [-0.4, -0.2) is 64.5 Å². The zero-order valence-corrected chi connectivity index (χ0v) is 20.3. The Kier molecular flexibility index (Phi) is 6.71. The number of urea groups is 1. The largest absolute Gasteiger partial charge is 0.414 e. The highest BCUT2D eigenvalue weighted by atomic mass is 79.9. The van der Waals surface area contributed by atoms with Crippen molar-refractivity contribution in [2.75, 3.05) is 14.1 Å². The van der Waals surface area contributed by atoms with Crippen molar-refractivity contribution in [2.45, 2.75) is 12.6 Å². The molecule has 1 atom stereocenters. The molecule has 0 radical (unpaired) electrons. The second-order valence-corrected chi connectivity index (χ2v) is 8.79. The Balaban J connectivity index is 1.65. The van der Waals surface area contributed by atoms with Crippen LogP contribution < -0.4 is 5.43 Å². The van der Waals surface area contributed by atoms with Gasteiger partial charge in [0.05, 0.1) is 12.8 Å². The Labute approximate surface area is 204 Å². The van der Waals surface area contributed by atoms with Crippen LogP contribution in [0.2, 0.25) is 5.02 Å². The lowest BCUT2D eigenvalue weighted by molar-refractivity contribution is -0.553. The summed E-state index contributed by atoms with van der Waals surface area (Å²) < 4.78 is 2.50. The number of aliphatic imine (C=N–C) groups is 1. The number of hydrazone groups is 1. The maximum absolute atomic E-state index is 13.0. The van der Waals surface area contributed by atoms with Crippen LogP contribution in [0.3, 0.4) is 0 Å². The number of hydrogen-bond donors (Lipinski definition) is 1. The molecule has 33 heavy (non-hydrogen) atoms. The molecule has 2 aliphatic rings. The number of benzene rings is 2. The van der Waals surface area contributed by atoms with E-state index in [-0.39, 0.29) is 5.91 Å². The average Bonchev–Trinajstić information content (AvgIpc) is 3.16. The van der Waals surface area contributed by atoms with E-state index in [4.69, 9.17) is 11.6 Å². The number of hydrogen-bond acceptors (Lipinski definition) is 5. The summed E-state index contributed by atoms with van der Waals surface area (Å²) in [4.78, 5) is 32.4. The fourth-order valence-corrected chi connectivity index (χ4v) is 4.12. The minimum Gasteiger partial charge on any atom is -0.270 e. The molecule has 2 aliphatic heterocycles. The fourth-order valence-electron chi connectivity index (χ4n) is 3.56. The third kappa shape index (κ3) is 4.74. The van der Waals surface area contributed by atoms with Gasteiger partial charge in [-0.05, 0) is 33.6 Å². The normalized spacial score (nSPS) is 18.8. The van der Waals surface area contributed by atoms with Gasteiger partial charge >= 0.3 is 12.0 Å². The number of halogens is 2. The maximum atomic E-state index is 13.0. The Bertz CT molecular complexity index is 1220. The molecule has 0 bridgehead atoms. The van der Waals surface area contributed by atoms with Crippen LogP contribution in [0.15, 0.2) is 69.2 Å². The quantitative estimate of drug-likeness (QED) is 0.366. The molecule has 2 aromatic carbocycles. The summed E-state index contributed by atoms with van der Waals surface area (Å²) in [6.45, 7) is 0.303. The topological polar surface area (TPSA) is 80.4 Å². The molecule has 2 aromatic rings. The van der Waals surface area contributed by atoms with E-state index in [0.717, 1.165) is 20.5 Å². The molecule has 1 N–H and O–H groups in total. The first-order valence-electron chi connectivity index (χ1n) is 10.1. The number of amides is 3. The van der Waals surface area contributed by atoms with Crippen LogP contribution in [0.25, 0.3) is 6.08 Å². The number of nitrogens with one attached hydrogen (secondary N) is 1. The minimum absolute atomic E-state index is 0.303. The molecule has 1 fully saturated rings. The number of likely N-dealkylation sites (N-methyl/N-ethyl adjacent to an activating group) is 2. The molecule has 2 heterocycles. The molecule has 10 heteroatoms. The maximum Gasteiger partial charge on any atom is 0.414 e. The predicted octanol–water partition coefficient (Wildman–Crippen LogP) is 3.52. The minimum atomic E-state index is -0.769. The second-order valence-electron chi connectivity index (χ2n) is 7.46. The lowest BCUT2D eigenvalue weighted by Gasteiger charge is -2.31. The van der Waals surface area contributed by atoms with E-state index in [9.17, 15) is 9.59 Å². The molecular weight excluding hydrogens is 508 g/mol. The monoisotopic (exact) mass is 527 g/mol. The molecule has 0 saturated carbocycles. The first-order valence-corrected chi connectivity index (χ1v) is 11.3. The standard InChI is InChI=1S/C23H20BrClN6O2/c1-29-20-19(21(32)30(2)23(29)33)31(14-16-10-6-7-11-18(16)25)22(27-20)28-26-13-17(24)12-15-8-4-3-5-9-15/h3-13,19H,14H2,1-2H3/p+1/b17-12-,26-13+. The number of nitrogens with zero attached hydrogens (tertiary/aromatic N) is 5. The number of allylic oxidation sites excluding steroid dienone is 1. The lowest BCUT2D eigenvalue weighted by Crippen LogP contribution is -2.61. The highest BCUT2D eigenvalue weighted by molar-refractivity contribution is 9.12. The van der Waals surface area contributed by atoms with Crippen LogP contribution >= 0.6 is 27.5 Å². The summed E-state index contributed by atoms with van der Waals surface area (Å²) >= 11 is 9.85. The zero-order valence-electron chi connectivity index (χ0n) is 17.9. The van der Waals surface area contributed by atoms with Gasteiger partial charge in [-0.25, -0.2) is 9.37 Å². The van der Waals surface area contributed by atoms with E-state index in [1.54, 1.807) is 23.9 Å². The number of amidine groups is 1. The van der Waals surface area contributed by atoms with Crippen molar-refractivity contribution in [3.05, 3.63) is 75.2 Å². The van der Waals surface area contributed by atoms with Crippen LogP contribution in [0.4, 0.5) is 4.79 Å². The molecule has 1 saturated heterocycles. The third-order valence-electron chi connectivity index (χ3n) is 5.29. The van der Waals surface area contributed by atoms with Crippen LogP contribution in [-0.2, 0) is 11.3 Å². The highest BCUT2D eigenvalue weighted by Crippen LogP contribution is 2.23. The van der Waals surface area contributed by atoms with Gasteiger partial charge in [-0.15, -0.1) is 5.10 Å². The van der Waals surface area contributed by atoms with E-state index in [1.807, 2.05) is 54.6 Å². The number of imide groups is 1. The van der Waals surface area contributed by atoms with Crippen molar-refractivity contribution in [2.24, 2.45) is 10.1 Å². The lowest BCUT2D eigenvalue weighted by atomic mass is 10.1. The SMILES string of the molecule is CN1C(=O)C2C(=NC(N/N=C/C(Br)=C/c3ccccc3)=[N+]2Cc2ccccc2Cl)N(C)C1=O. The van der Waals surface area contributed by atoms with E-state index < -0.39 is 12.1 Å². The second kappa shape index (κ2) is 9.68. The fraction of sp³-hybridized carbons (Fsp3) is 0.174. The Morgan fingerprint density at radius 2 is 1.85 bits per heavy atom. The molecule has 3 amide bonds. The first kappa shape index (κ1) is 22.9. The van der Waals surface area contributed by atoms with E-state index >= 15 is 0 Å². The zero-order chi connectivity index (χ0) is 23.5. The van der Waals surface area contributed by atoms with Crippen LogP contribution in [0.1, 0.15) is 11.1 Å². The smallest absolute Gasteiger partial charge is 0.270 e. The summed E-state index contributed by atoms with van der Waals surface area (Å²) in [5.74, 6) is 0.316. The van der Waals surface area contributed by atoms with Gasteiger partial charge in [-0.2, -0.15) is 5.43 Å². The van der Waals surface area contributed by atoms with Crippen molar-refractivity contribution < 1.29 is 14.2 Å². The number of carbonyl (C=O) groups is 2. The summed E-state index contributed by atoms with van der Waals surface area (Å²) in [5.41, 5.74) is 4.75. The number of fused-ring (bicyclic) bond motifs is 1. The third-order valence-corrected chi connectivity index (χ3v) is 6.09. The number of carbonyl (C=O) groups excluding carboxylic acids is 2. The molecule has 0 aromatic heterocycles. The molecular formula is C23H21BrClN6O2+. The van der Waals surface area contributed by atoms with Gasteiger partial charge in [0.25, 0.3) is 5.91 Å². The molecule has 0 aliphatic carbocycles. The highest BCUT2D eigenvalue weighted by Gasteiger charge is 2.51. The van der Waals surface area contributed by atoms with E-state index in [1.165, 1.54) is 11.9 Å². The van der Waals surface area contributed by atoms with Crippen LogP contribution in [0.5, 0.6) is 0 Å². The van der Waals surface area contributed by atoms with Crippen molar-refractivity contribution >= 4 is 63.6 Å². The first-order chi connectivity index (χ1) is 15.9. The molecule has 0 spiro atoms.